The Bertz CT molecular complexity index is 653. The zero-order valence-electron chi connectivity index (χ0n) is 19.6. The fraction of sp³-hybridized carbons (Fsp3) is 0.864. The van der Waals surface area contributed by atoms with E-state index < -0.39 is 9.84 Å². The summed E-state index contributed by atoms with van der Waals surface area (Å²) in [6.45, 7) is 6.17. The third-order valence-electron chi connectivity index (χ3n) is 6.54. The molecule has 0 spiro atoms. The van der Waals surface area contributed by atoms with Gasteiger partial charge in [-0.25, -0.2) is 8.42 Å². The molecule has 1 amide bonds. The van der Waals surface area contributed by atoms with Crippen molar-refractivity contribution < 1.29 is 33.0 Å². The second kappa shape index (κ2) is 16.8. The molecule has 3 rings (SSSR count). The summed E-state index contributed by atoms with van der Waals surface area (Å²) < 4.78 is 23.1. The molecule has 1 atom stereocenters. The Morgan fingerprint density at radius 2 is 1.45 bits per heavy atom. The minimum atomic E-state index is -2.75. The molecule has 3 N–H and O–H groups in total. The second-order valence-electron chi connectivity index (χ2n) is 9.05. The van der Waals surface area contributed by atoms with Crippen LogP contribution in [0.15, 0.2) is 0 Å². The van der Waals surface area contributed by atoms with Crippen molar-refractivity contribution in [3.63, 3.8) is 0 Å². The average molecular weight is 492 g/mol. The Hall–Kier alpha value is -1.72. The molecule has 0 aliphatic carbocycles. The molecule has 0 aromatic carbocycles. The Morgan fingerprint density at radius 3 is 1.97 bits per heavy atom. The molecule has 1 unspecified atom stereocenters. The number of likely N-dealkylation sites (tertiary alicyclic amines) is 2. The molecule has 3 aliphatic heterocycles. The standard InChI is InChI=1S/C20H37N3O3S.2CH2O2/c24-20(16-23-9-3-1-2-4-10-23)21-15-18-5-11-22(12-6-18)13-7-19-8-14-27(25,26)17-19;2*2-1-3/h18-19H,1-17H2,(H,21,24);2*1H,(H,2,3). The van der Waals surface area contributed by atoms with Crippen LogP contribution in [0.3, 0.4) is 0 Å². The van der Waals surface area contributed by atoms with Crippen LogP contribution in [-0.2, 0) is 24.2 Å². The number of piperidine rings is 1. The SMILES string of the molecule is O=C(CN1CCCCCC1)NCC1CCN(CCC2CCS(=O)(=O)C2)CC1.O=CO.O=CO. The summed E-state index contributed by atoms with van der Waals surface area (Å²) in [5.41, 5.74) is 0. The van der Waals surface area contributed by atoms with E-state index in [2.05, 4.69) is 15.1 Å². The van der Waals surface area contributed by atoms with Gasteiger partial charge in [-0.05, 0) is 83.1 Å². The van der Waals surface area contributed by atoms with Crippen molar-refractivity contribution in [3.8, 4) is 0 Å². The van der Waals surface area contributed by atoms with Crippen LogP contribution in [0.4, 0.5) is 0 Å². The van der Waals surface area contributed by atoms with Crippen molar-refractivity contribution in [2.24, 2.45) is 11.8 Å². The summed E-state index contributed by atoms with van der Waals surface area (Å²) in [4.78, 5) is 33.7. The molecule has 0 aromatic heterocycles. The number of sulfone groups is 1. The molecule has 0 bridgehead atoms. The molecule has 3 fully saturated rings. The number of nitrogens with zero attached hydrogens (tertiary/aromatic N) is 2. The van der Waals surface area contributed by atoms with Crippen molar-refractivity contribution in [1.82, 2.24) is 15.1 Å². The van der Waals surface area contributed by atoms with E-state index in [4.69, 9.17) is 19.8 Å². The number of rotatable bonds is 7. The first-order chi connectivity index (χ1) is 15.8. The maximum atomic E-state index is 12.2. The van der Waals surface area contributed by atoms with E-state index in [9.17, 15) is 13.2 Å². The maximum absolute atomic E-state index is 12.2. The highest BCUT2D eigenvalue weighted by molar-refractivity contribution is 7.91. The zero-order valence-corrected chi connectivity index (χ0v) is 20.4. The number of nitrogens with one attached hydrogen (secondary N) is 1. The first-order valence-corrected chi connectivity index (χ1v) is 13.7. The average Bonchev–Trinajstić information content (AvgIpc) is 2.95. The first-order valence-electron chi connectivity index (χ1n) is 11.9. The molecule has 11 heteroatoms. The number of carbonyl (C=O) groups excluding carboxylic acids is 1. The van der Waals surface area contributed by atoms with Crippen LogP contribution in [0, 0.1) is 11.8 Å². The Morgan fingerprint density at radius 1 is 0.879 bits per heavy atom. The molecular formula is C22H41N3O7S. The van der Waals surface area contributed by atoms with Crippen LogP contribution >= 0.6 is 0 Å². The van der Waals surface area contributed by atoms with Gasteiger partial charge in [0.05, 0.1) is 18.1 Å². The molecule has 3 heterocycles. The molecule has 192 valence electrons. The largest absolute Gasteiger partial charge is 0.483 e. The van der Waals surface area contributed by atoms with E-state index in [1.165, 1.54) is 25.7 Å². The summed E-state index contributed by atoms with van der Waals surface area (Å²) in [6, 6.07) is 0. The Kier molecular flexibility index (Phi) is 14.9. The lowest BCUT2D eigenvalue weighted by atomic mass is 9.96. The predicted molar refractivity (Wildman–Crippen MR) is 126 cm³/mol. The molecule has 33 heavy (non-hydrogen) atoms. The third kappa shape index (κ3) is 13.5. The van der Waals surface area contributed by atoms with E-state index in [0.29, 0.717) is 29.9 Å². The van der Waals surface area contributed by atoms with Crippen LogP contribution < -0.4 is 5.32 Å². The summed E-state index contributed by atoms with van der Waals surface area (Å²) >= 11 is 0. The van der Waals surface area contributed by atoms with Crippen LogP contribution in [0.25, 0.3) is 0 Å². The van der Waals surface area contributed by atoms with Crippen LogP contribution in [0.5, 0.6) is 0 Å². The highest BCUT2D eigenvalue weighted by Gasteiger charge is 2.28. The van der Waals surface area contributed by atoms with Gasteiger partial charge in [0.15, 0.2) is 9.84 Å². The first kappa shape index (κ1) is 29.3. The molecule has 3 saturated heterocycles. The van der Waals surface area contributed by atoms with Gasteiger partial charge >= 0.3 is 0 Å². The Labute approximate surface area is 197 Å². The fourth-order valence-corrected chi connectivity index (χ4v) is 6.60. The van der Waals surface area contributed by atoms with Gasteiger partial charge in [0.25, 0.3) is 12.9 Å². The highest BCUT2D eigenvalue weighted by Crippen LogP contribution is 2.23. The summed E-state index contributed by atoms with van der Waals surface area (Å²) in [5.74, 6) is 1.91. The van der Waals surface area contributed by atoms with Gasteiger partial charge in [-0.2, -0.15) is 0 Å². The lowest BCUT2D eigenvalue weighted by Gasteiger charge is -2.32. The fourth-order valence-electron chi connectivity index (χ4n) is 4.69. The van der Waals surface area contributed by atoms with Gasteiger partial charge in [0.2, 0.25) is 5.91 Å². The normalized spacial score (nSPS) is 23.7. The minimum absolute atomic E-state index is 0.182. The monoisotopic (exact) mass is 491 g/mol. The highest BCUT2D eigenvalue weighted by atomic mass is 32.2. The summed E-state index contributed by atoms with van der Waals surface area (Å²) in [5, 5.41) is 16.9. The molecule has 10 nitrogen and oxygen atoms in total. The number of carboxylic acid groups (broad SMARTS) is 2. The quantitative estimate of drug-likeness (QED) is 0.443. The van der Waals surface area contributed by atoms with Gasteiger partial charge in [-0.1, -0.05) is 12.8 Å². The van der Waals surface area contributed by atoms with Crippen LogP contribution in [-0.4, -0.2) is 105 Å². The maximum Gasteiger partial charge on any atom is 0.290 e. The second-order valence-corrected chi connectivity index (χ2v) is 11.3. The smallest absolute Gasteiger partial charge is 0.290 e. The zero-order chi connectivity index (χ0) is 24.5. The molecule has 3 aliphatic rings. The number of amides is 1. The summed E-state index contributed by atoms with van der Waals surface area (Å²) in [6.07, 6.45) is 9.16. The molecular weight excluding hydrogens is 450 g/mol. The van der Waals surface area contributed by atoms with E-state index in [0.717, 1.165) is 65.0 Å². The third-order valence-corrected chi connectivity index (χ3v) is 8.38. The van der Waals surface area contributed by atoms with Gasteiger partial charge in [0, 0.05) is 6.54 Å². The van der Waals surface area contributed by atoms with Gasteiger partial charge in [-0.3, -0.25) is 19.3 Å². The van der Waals surface area contributed by atoms with E-state index >= 15 is 0 Å². The Balaban J connectivity index is 0.000000819. The predicted octanol–water partition coefficient (Wildman–Crippen LogP) is 0.917. The van der Waals surface area contributed by atoms with Gasteiger partial charge in [-0.15, -0.1) is 0 Å². The van der Waals surface area contributed by atoms with E-state index in [1.54, 1.807) is 0 Å². The van der Waals surface area contributed by atoms with Crippen LogP contribution in [0.2, 0.25) is 0 Å². The van der Waals surface area contributed by atoms with Gasteiger partial charge in [0.1, 0.15) is 0 Å². The summed E-state index contributed by atoms with van der Waals surface area (Å²) in [7, 11) is -2.75. The topological polar surface area (TPSA) is 144 Å². The van der Waals surface area contributed by atoms with Crippen molar-refractivity contribution in [3.05, 3.63) is 0 Å². The number of hydrogen-bond donors (Lipinski definition) is 3. The van der Waals surface area contributed by atoms with Gasteiger partial charge < -0.3 is 20.4 Å². The van der Waals surface area contributed by atoms with E-state index in [1.807, 2.05) is 0 Å². The van der Waals surface area contributed by atoms with Crippen molar-refractivity contribution in [1.29, 1.82) is 0 Å². The van der Waals surface area contributed by atoms with Crippen molar-refractivity contribution >= 4 is 28.7 Å². The van der Waals surface area contributed by atoms with Crippen LogP contribution in [0.1, 0.15) is 51.4 Å². The lowest BCUT2D eigenvalue weighted by Crippen LogP contribution is -2.42. The lowest BCUT2D eigenvalue weighted by molar-refractivity contribution is -0.123. The van der Waals surface area contributed by atoms with Crippen molar-refractivity contribution in [2.75, 3.05) is 57.3 Å². The van der Waals surface area contributed by atoms with E-state index in [-0.39, 0.29) is 18.9 Å². The number of hydrogen-bond acceptors (Lipinski definition) is 7. The molecule has 0 saturated carbocycles. The molecule has 0 radical (unpaired) electrons. The number of carbonyl (C=O) groups is 3. The molecule has 0 aromatic rings. The minimum Gasteiger partial charge on any atom is -0.483 e. The van der Waals surface area contributed by atoms with Crippen molar-refractivity contribution in [2.45, 2.75) is 51.4 Å².